The number of aromatic nitrogens is 7. The van der Waals surface area contributed by atoms with Gasteiger partial charge in [-0.3, -0.25) is 0 Å². The lowest BCUT2D eigenvalue weighted by Gasteiger charge is -2.26. The molecule has 1 aromatic carbocycles. The number of tetrazole rings is 1. The van der Waals surface area contributed by atoms with Gasteiger partial charge in [-0.05, 0) is 42.3 Å². The summed E-state index contributed by atoms with van der Waals surface area (Å²) in [4.78, 5) is 15.2. The first-order valence-corrected chi connectivity index (χ1v) is 10.3. The average molecular weight is 414 g/mol. The highest BCUT2D eigenvalue weighted by atomic mass is 32.2. The van der Waals surface area contributed by atoms with Gasteiger partial charge >= 0.3 is 0 Å². The molecule has 11 heteroatoms. The van der Waals surface area contributed by atoms with Crippen LogP contribution in [-0.2, 0) is 10.5 Å². The van der Waals surface area contributed by atoms with Gasteiger partial charge in [0, 0.05) is 13.1 Å². The molecule has 4 rings (SSSR count). The Hall–Kier alpha value is -2.79. The summed E-state index contributed by atoms with van der Waals surface area (Å²) in [7, 11) is 0. The maximum absolute atomic E-state index is 5.91. The Balaban J connectivity index is 1.55. The van der Waals surface area contributed by atoms with Crippen LogP contribution in [0, 0.1) is 20.8 Å². The number of anilines is 2. The van der Waals surface area contributed by atoms with E-state index in [4.69, 9.17) is 10.5 Å². The molecular formula is C18H23N9OS. The van der Waals surface area contributed by atoms with Gasteiger partial charge in [0.05, 0.1) is 24.7 Å². The van der Waals surface area contributed by atoms with Gasteiger partial charge in [0.2, 0.25) is 17.1 Å². The number of nitrogen functional groups attached to an aromatic ring is 1. The van der Waals surface area contributed by atoms with Gasteiger partial charge in [-0.1, -0.05) is 29.5 Å². The minimum atomic E-state index is 0.210. The normalized spacial score (nSPS) is 14.4. The van der Waals surface area contributed by atoms with Crippen LogP contribution in [-0.4, -0.2) is 61.5 Å². The first kappa shape index (κ1) is 19.5. The molecule has 0 aliphatic carbocycles. The van der Waals surface area contributed by atoms with Crippen molar-refractivity contribution in [3.8, 4) is 5.69 Å². The molecule has 0 atom stereocenters. The van der Waals surface area contributed by atoms with Crippen LogP contribution in [0.2, 0.25) is 0 Å². The van der Waals surface area contributed by atoms with Crippen molar-refractivity contribution in [1.29, 1.82) is 0 Å². The van der Waals surface area contributed by atoms with Crippen LogP contribution < -0.4 is 10.6 Å². The minimum absolute atomic E-state index is 0.210. The number of thioether (sulfide) groups is 1. The maximum Gasteiger partial charge on any atom is 0.230 e. The SMILES string of the molecule is Cc1cc(C)c(-n2nnnc2SCc2nc(N)nc(N3CCOCC3)n2)c(C)c1. The Morgan fingerprint density at radius 1 is 1.07 bits per heavy atom. The molecule has 29 heavy (non-hydrogen) atoms. The topological polar surface area (TPSA) is 121 Å². The number of nitrogens with zero attached hydrogens (tertiary/aromatic N) is 8. The molecule has 2 N–H and O–H groups in total. The molecule has 1 aliphatic rings. The smallest absolute Gasteiger partial charge is 0.230 e. The van der Waals surface area contributed by atoms with Crippen LogP contribution in [0.5, 0.6) is 0 Å². The molecule has 3 aromatic rings. The third-order valence-electron chi connectivity index (χ3n) is 4.60. The first-order chi connectivity index (χ1) is 14.0. The van der Waals surface area contributed by atoms with E-state index < -0.39 is 0 Å². The Kier molecular flexibility index (Phi) is 5.58. The second kappa shape index (κ2) is 8.29. The van der Waals surface area contributed by atoms with Crippen molar-refractivity contribution >= 4 is 23.7 Å². The number of morpholine rings is 1. The molecule has 152 valence electrons. The highest BCUT2D eigenvalue weighted by Crippen LogP contribution is 2.26. The van der Waals surface area contributed by atoms with Crippen molar-refractivity contribution < 1.29 is 4.74 Å². The zero-order valence-electron chi connectivity index (χ0n) is 16.7. The fourth-order valence-corrected chi connectivity index (χ4v) is 4.17. The zero-order chi connectivity index (χ0) is 20.4. The van der Waals surface area contributed by atoms with Crippen molar-refractivity contribution in [2.24, 2.45) is 0 Å². The fraction of sp³-hybridized carbons (Fsp3) is 0.444. The Morgan fingerprint density at radius 3 is 2.52 bits per heavy atom. The molecule has 1 aliphatic heterocycles. The first-order valence-electron chi connectivity index (χ1n) is 9.34. The largest absolute Gasteiger partial charge is 0.378 e. The number of nitrogens with two attached hydrogens (primary N) is 1. The predicted molar refractivity (Wildman–Crippen MR) is 110 cm³/mol. The monoisotopic (exact) mass is 413 g/mol. The van der Waals surface area contributed by atoms with Crippen molar-refractivity contribution in [2.75, 3.05) is 36.9 Å². The maximum atomic E-state index is 5.91. The highest BCUT2D eigenvalue weighted by molar-refractivity contribution is 7.98. The van der Waals surface area contributed by atoms with Crippen molar-refractivity contribution in [3.05, 3.63) is 34.6 Å². The molecule has 0 spiro atoms. The lowest BCUT2D eigenvalue weighted by atomic mass is 10.1. The van der Waals surface area contributed by atoms with E-state index in [-0.39, 0.29) is 5.95 Å². The summed E-state index contributed by atoms with van der Waals surface area (Å²) in [6.45, 7) is 8.98. The van der Waals surface area contributed by atoms with Crippen LogP contribution in [0.4, 0.5) is 11.9 Å². The van der Waals surface area contributed by atoms with E-state index in [2.05, 4.69) is 68.3 Å². The summed E-state index contributed by atoms with van der Waals surface area (Å²) in [5.41, 5.74) is 10.4. The van der Waals surface area contributed by atoms with E-state index >= 15 is 0 Å². The predicted octanol–water partition coefficient (Wildman–Crippen LogP) is 1.48. The average Bonchev–Trinajstić information content (AvgIpc) is 3.14. The van der Waals surface area contributed by atoms with Crippen LogP contribution >= 0.6 is 11.8 Å². The van der Waals surface area contributed by atoms with Gasteiger partial charge in [-0.25, -0.2) is 0 Å². The summed E-state index contributed by atoms with van der Waals surface area (Å²) in [6, 6.07) is 4.25. The van der Waals surface area contributed by atoms with Crippen molar-refractivity contribution in [2.45, 2.75) is 31.7 Å². The van der Waals surface area contributed by atoms with Crippen LogP contribution in [0.1, 0.15) is 22.5 Å². The molecule has 0 radical (unpaired) electrons. The van der Waals surface area contributed by atoms with E-state index in [1.807, 2.05) is 0 Å². The Labute approximate surface area is 172 Å². The van der Waals surface area contributed by atoms with E-state index in [1.165, 1.54) is 17.3 Å². The zero-order valence-corrected chi connectivity index (χ0v) is 17.5. The fourth-order valence-electron chi connectivity index (χ4n) is 3.44. The van der Waals surface area contributed by atoms with Gasteiger partial charge in [-0.15, -0.1) is 5.10 Å². The Bertz CT molecular complexity index is 993. The van der Waals surface area contributed by atoms with Gasteiger partial charge in [-0.2, -0.15) is 19.6 Å². The molecule has 0 amide bonds. The summed E-state index contributed by atoms with van der Waals surface area (Å²) in [5, 5.41) is 12.9. The molecule has 3 heterocycles. The number of aryl methyl sites for hydroxylation is 3. The Morgan fingerprint density at radius 2 is 1.79 bits per heavy atom. The van der Waals surface area contributed by atoms with E-state index in [1.54, 1.807) is 4.68 Å². The number of hydrogen-bond acceptors (Lipinski definition) is 10. The molecule has 0 unspecified atom stereocenters. The molecule has 1 saturated heterocycles. The van der Waals surface area contributed by atoms with E-state index in [0.29, 0.717) is 35.9 Å². The molecule has 2 aromatic heterocycles. The third-order valence-corrected chi connectivity index (χ3v) is 5.51. The van der Waals surface area contributed by atoms with E-state index in [9.17, 15) is 0 Å². The summed E-state index contributed by atoms with van der Waals surface area (Å²) >= 11 is 1.46. The number of rotatable bonds is 5. The summed E-state index contributed by atoms with van der Waals surface area (Å²) in [5.74, 6) is 1.87. The molecule has 1 fully saturated rings. The van der Waals surface area contributed by atoms with Crippen molar-refractivity contribution in [1.82, 2.24) is 35.2 Å². The highest BCUT2D eigenvalue weighted by Gasteiger charge is 2.18. The standard InChI is InChI=1S/C18H23N9OS/c1-11-8-12(2)15(13(3)9-11)27-18(23-24-25-27)29-10-14-20-16(19)22-17(21-14)26-4-6-28-7-5-26/h8-9H,4-7,10H2,1-3H3,(H2,19,20,21,22). The van der Waals surface area contributed by atoms with Crippen LogP contribution in [0.3, 0.4) is 0 Å². The molecular weight excluding hydrogens is 390 g/mol. The molecule has 0 bridgehead atoms. The second-order valence-corrected chi connectivity index (χ2v) is 7.86. The van der Waals surface area contributed by atoms with Gasteiger partial charge in [0.25, 0.3) is 0 Å². The van der Waals surface area contributed by atoms with E-state index in [0.717, 1.165) is 29.9 Å². The molecule has 0 saturated carbocycles. The second-order valence-electron chi connectivity index (χ2n) is 6.92. The van der Waals surface area contributed by atoms with Crippen molar-refractivity contribution in [3.63, 3.8) is 0 Å². The third kappa shape index (κ3) is 4.30. The minimum Gasteiger partial charge on any atom is -0.378 e. The molecule has 10 nitrogen and oxygen atoms in total. The summed E-state index contributed by atoms with van der Waals surface area (Å²) in [6.07, 6.45) is 0. The van der Waals surface area contributed by atoms with Gasteiger partial charge in [0.1, 0.15) is 5.82 Å². The lowest BCUT2D eigenvalue weighted by molar-refractivity contribution is 0.122. The number of benzene rings is 1. The van der Waals surface area contributed by atoms with Gasteiger partial charge < -0.3 is 15.4 Å². The quantitative estimate of drug-likeness (QED) is 0.616. The number of hydrogen-bond donors (Lipinski definition) is 1. The van der Waals surface area contributed by atoms with Crippen LogP contribution in [0.15, 0.2) is 17.3 Å². The van der Waals surface area contributed by atoms with Crippen LogP contribution in [0.25, 0.3) is 5.69 Å². The lowest BCUT2D eigenvalue weighted by Crippen LogP contribution is -2.37. The summed E-state index contributed by atoms with van der Waals surface area (Å²) < 4.78 is 7.15. The van der Waals surface area contributed by atoms with Gasteiger partial charge in [0.15, 0.2) is 0 Å². The number of ether oxygens (including phenoxy) is 1.